The van der Waals surface area contributed by atoms with E-state index in [9.17, 15) is 9.59 Å². The number of carboxylic acid groups (broad SMARTS) is 1. The molecular formula is C11H17NO3S. The third-order valence-corrected chi connectivity index (χ3v) is 4.42. The van der Waals surface area contributed by atoms with Crippen LogP contribution in [0.2, 0.25) is 0 Å². The number of amides is 1. The van der Waals surface area contributed by atoms with Gasteiger partial charge in [-0.3, -0.25) is 4.79 Å². The first-order chi connectivity index (χ1) is 7.70. The monoisotopic (exact) mass is 243 g/mol. The molecule has 90 valence electrons. The van der Waals surface area contributed by atoms with Gasteiger partial charge in [0.1, 0.15) is 6.04 Å². The fraction of sp³-hybridized carbons (Fsp3) is 0.818. The average Bonchev–Trinajstić information content (AvgIpc) is 2.81. The third-order valence-electron chi connectivity index (χ3n) is 3.40. The minimum atomic E-state index is -0.862. The maximum Gasteiger partial charge on any atom is 0.327 e. The summed E-state index contributed by atoms with van der Waals surface area (Å²) in [5.41, 5.74) is 0. The first-order valence-corrected chi connectivity index (χ1v) is 6.96. The van der Waals surface area contributed by atoms with E-state index < -0.39 is 12.0 Å². The Hall–Kier alpha value is -0.710. The molecule has 0 aromatic carbocycles. The Labute approximate surface area is 99.4 Å². The molecule has 16 heavy (non-hydrogen) atoms. The second-order valence-electron chi connectivity index (χ2n) is 4.44. The molecule has 1 heterocycles. The second kappa shape index (κ2) is 5.08. The molecular weight excluding hydrogens is 226 g/mol. The van der Waals surface area contributed by atoms with Crippen molar-refractivity contribution in [2.45, 2.75) is 31.7 Å². The van der Waals surface area contributed by atoms with Gasteiger partial charge >= 0.3 is 5.97 Å². The van der Waals surface area contributed by atoms with Crippen molar-refractivity contribution in [2.75, 3.05) is 18.1 Å². The molecule has 0 bridgehead atoms. The number of aliphatic carboxylic acids is 1. The van der Waals surface area contributed by atoms with Gasteiger partial charge in [0, 0.05) is 24.0 Å². The summed E-state index contributed by atoms with van der Waals surface area (Å²) in [6, 6.07) is -0.605. The van der Waals surface area contributed by atoms with Crippen LogP contribution in [0.25, 0.3) is 0 Å². The predicted molar refractivity (Wildman–Crippen MR) is 62.4 cm³/mol. The van der Waals surface area contributed by atoms with E-state index >= 15 is 0 Å². The van der Waals surface area contributed by atoms with Crippen molar-refractivity contribution < 1.29 is 14.7 Å². The van der Waals surface area contributed by atoms with Crippen LogP contribution in [0.5, 0.6) is 0 Å². The highest BCUT2D eigenvalue weighted by atomic mass is 32.2. The van der Waals surface area contributed by atoms with E-state index in [1.54, 1.807) is 16.7 Å². The second-order valence-corrected chi connectivity index (χ2v) is 5.59. The van der Waals surface area contributed by atoms with Crippen LogP contribution in [0.1, 0.15) is 25.7 Å². The van der Waals surface area contributed by atoms with Crippen LogP contribution in [-0.4, -0.2) is 46.0 Å². The van der Waals surface area contributed by atoms with Gasteiger partial charge in [-0.2, -0.15) is 11.8 Å². The zero-order valence-electron chi connectivity index (χ0n) is 9.22. The Kier molecular flexibility index (Phi) is 3.74. The molecule has 1 amide bonds. The van der Waals surface area contributed by atoms with Gasteiger partial charge < -0.3 is 10.0 Å². The van der Waals surface area contributed by atoms with Crippen molar-refractivity contribution in [3.63, 3.8) is 0 Å². The third kappa shape index (κ3) is 2.34. The first kappa shape index (κ1) is 11.8. The minimum absolute atomic E-state index is 0.0743. The Bertz CT molecular complexity index is 289. The molecule has 1 aliphatic heterocycles. The molecule has 1 saturated heterocycles. The Morgan fingerprint density at radius 3 is 2.56 bits per heavy atom. The van der Waals surface area contributed by atoms with Crippen molar-refractivity contribution in [2.24, 2.45) is 5.92 Å². The molecule has 0 aromatic heterocycles. The van der Waals surface area contributed by atoms with Crippen LogP contribution in [0.3, 0.4) is 0 Å². The van der Waals surface area contributed by atoms with Gasteiger partial charge in [-0.25, -0.2) is 4.79 Å². The van der Waals surface area contributed by atoms with Crippen molar-refractivity contribution in [1.29, 1.82) is 0 Å². The van der Waals surface area contributed by atoms with Gasteiger partial charge in [-0.15, -0.1) is 0 Å². The minimum Gasteiger partial charge on any atom is -0.480 e. The largest absolute Gasteiger partial charge is 0.480 e. The van der Waals surface area contributed by atoms with Crippen molar-refractivity contribution in [1.82, 2.24) is 4.90 Å². The van der Waals surface area contributed by atoms with Crippen LogP contribution < -0.4 is 0 Å². The zero-order chi connectivity index (χ0) is 11.5. The number of hydrogen-bond acceptors (Lipinski definition) is 3. The Morgan fingerprint density at radius 1 is 1.25 bits per heavy atom. The van der Waals surface area contributed by atoms with E-state index in [1.807, 2.05) is 0 Å². The maximum absolute atomic E-state index is 12.2. The fourth-order valence-electron chi connectivity index (χ4n) is 2.48. The summed E-state index contributed by atoms with van der Waals surface area (Å²) >= 11 is 1.62. The van der Waals surface area contributed by atoms with E-state index in [4.69, 9.17) is 5.11 Å². The normalized spacial score (nSPS) is 27.0. The number of nitrogens with zero attached hydrogens (tertiary/aromatic N) is 1. The van der Waals surface area contributed by atoms with Crippen molar-refractivity contribution in [3.8, 4) is 0 Å². The molecule has 2 rings (SSSR count). The van der Waals surface area contributed by atoms with E-state index in [0.29, 0.717) is 12.3 Å². The molecule has 4 nitrogen and oxygen atoms in total. The van der Waals surface area contributed by atoms with Gasteiger partial charge in [-0.05, 0) is 12.8 Å². The summed E-state index contributed by atoms with van der Waals surface area (Å²) in [5.74, 6) is 0.699. The topological polar surface area (TPSA) is 57.6 Å². The van der Waals surface area contributed by atoms with Gasteiger partial charge in [0.25, 0.3) is 0 Å². The molecule has 1 saturated carbocycles. The number of carboxylic acids is 1. The van der Waals surface area contributed by atoms with Crippen molar-refractivity contribution >= 4 is 23.6 Å². The van der Waals surface area contributed by atoms with E-state index in [0.717, 1.165) is 31.4 Å². The highest BCUT2D eigenvalue weighted by molar-refractivity contribution is 7.99. The number of carbonyl (C=O) groups is 2. The number of thioether (sulfide) groups is 1. The molecule has 1 unspecified atom stereocenters. The smallest absolute Gasteiger partial charge is 0.327 e. The number of rotatable bonds is 2. The van der Waals surface area contributed by atoms with Gasteiger partial charge in [0.2, 0.25) is 5.91 Å². The standard InChI is InChI=1S/C11H17NO3S/c13-10(8-3-1-2-4-8)12-5-6-16-7-9(12)11(14)15/h8-9H,1-7H2,(H,14,15). The SMILES string of the molecule is O=C(O)C1CSCCN1C(=O)C1CCCC1. The molecule has 0 spiro atoms. The molecule has 0 aromatic rings. The number of hydrogen-bond donors (Lipinski definition) is 1. The molecule has 0 radical (unpaired) electrons. The summed E-state index contributed by atoms with van der Waals surface area (Å²) in [6.07, 6.45) is 4.09. The zero-order valence-corrected chi connectivity index (χ0v) is 10.0. The van der Waals surface area contributed by atoms with Crippen LogP contribution in [0.15, 0.2) is 0 Å². The lowest BCUT2D eigenvalue weighted by molar-refractivity contribution is -0.151. The number of carbonyl (C=O) groups excluding carboxylic acids is 1. The predicted octanol–water partition coefficient (Wildman–Crippen LogP) is 1.21. The molecule has 2 aliphatic rings. The highest BCUT2D eigenvalue weighted by Gasteiger charge is 2.36. The molecule has 1 atom stereocenters. The first-order valence-electron chi connectivity index (χ1n) is 5.81. The van der Waals surface area contributed by atoms with Crippen LogP contribution in [0.4, 0.5) is 0 Å². The summed E-state index contributed by atoms with van der Waals surface area (Å²) in [4.78, 5) is 24.8. The van der Waals surface area contributed by atoms with E-state index in [1.165, 1.54) is 0 Å². The Balaban J connectivity index is 2.04. The Morgan fingerprint density at radius 2 is 1.94 bits per heavy atom. The van der Waals surface area contributed by atoms with Crippen LogP contribution in [-0.2, 0) is 9.59 Å². The summed E-state index contributed by atoms with van der Waals surface area (Å²) in [7, 11) is 0. The molecule has 1 aliphatic carbocycles. The highest BCUT2D eigenvalue weighted by Crippen LogP contribution is 2.29. The summed E-state index contributed by atoms with van der Waals surface area (Å²) in [5, 5.41) is 9.09. The quantitative estimate of drug-likeness (QED) is 0.792. The fourth-order valence-corrected chi connectivity index (χ4v) is 3.52. The van der Waals surface area contributed by atoms with Crippen molar-refractivity contribution in [3.05, 3.63) is 0 Å². The lowest BCUT2D eigenvalue weighted by atomic mass is 10.1. The maximum atomic E-state index is 12.2. The lowest BCUT2D eigenvalue weighted by Gasteiger charge is -2.34. The van der Waals surface area contributed by atoms with Crippen LogP contribution >= 0.6 is 11.8 Å². The lowest BCUT2D eigenvalue weighted by Crippen LogP contribution is -2.51. The summed E-state index contributed by atoms with van der Waals surface area (Å²) in [6.45, 7) is 0.594. The van der Waals surface area contributed by atoms with Crippen LogP contribution in [0, 0.1) is 5.92 Å². The van der Waals surface area contributed by atoms with Gasteiger partial charge in [0.05, 0.1) is 0 Å². The summed E-state index contributed by atoms with van der Waals surface area (Å²) < 4.78 is 0. The van der Waals surface area contributed by atoms with Gasteiger partial charge in [-0.1, -0.05) is 12.8 Å². The molecule has 2 fully saturated rings. The molecule has 1 N–H and O–H groups in total. The van der Waals surface area contributed by atoms with E-state index in [2.05, 4.69) is 0 Å². The van der Waals surface area contributed by atoms with Gasteiger partial charge in [0.15, 0.2) is 0 Å². The molecule has 5 heteroatoms. The van der Waals surface area contributed by atoms with E-state index in [-0.39, 0.29) is 11.8 Å². The average molecular weight is 243 g/mol.